The van der Waals surface area contributed by atoms with E-state index >= 15 is 0 Å². The molecule has 0 fully saturated rings. The number of aryl methyl sites for hydroxylation is 1. The van der Waals surface area contributed by atoms with Crippen LogP contribution < -0.4 is 10.1 Å². The Morgan fingerprint density at radius 2 is 1.90 bits per heavy atom. The molecule has 0 aliphatic carbocycles. The summed E-state index contributed by atoms with van der Waals surface area (Å²) in [5, 5.41) is 5.02. The molecule has 0 spiro atoms. The van der Waals surface area contributed by atoms with E-state index in [-0.39, 0.29) is 18.9 Å². The second-order valence-electron chi connectivity index (χ2n) is 6.40. The van der Waals surface area contributed by atoms with Crippen LogP contribution in [0.25, 0.3) is 5.13 Å². The fraction of sp³-hybridized carbons (Fsp3) is 0.238. The second kappa shape index (κ2) is 9.84. The summed E-state index contributed by atoms with van der Waals surface area (Å²) in [5.41, 5.74) is 2.06. The first kappa shape index (κ1) is 21.3. The Labute approximate surface area is 177 Å². The molecule has 1 N–H and O–H groups in total. The summed E-state index contributed by atoms with van der Waals surface area (Å²) in [6.45, 7) is 2.72. The number of carbonyl (C=O) groups excluding carboxylic acids is 3. The average molecular weight is 427 g/mol. The molecule has 0 unspecified atom stereocenters. The number of carbonyl (C=O) groups is 3. The maximum atomic E-state index is 12.5. The van der Waals surface area contributed by atoms with Crippen molar-refractivity contribution in [1.29, 1.82) is 0 Å². The number of hydrogen-bond acceptors (Lipinski definition) is 7. The van der Waals surface area contributed by atoms with E-state index in [0.29, 0.717) is 11.3 Å². The van der Waals surface area contributed by atoms with Crippen LogP contribution in [0.15, 0.2) is 48.0 Å². The summed E-state index contributed by atoms with van der Waals surface area (Å²) >= 11 is 1.46. The van der Waals surface area contributed by atoms with E-state index in [4.69, 9.17) is 9.47 Å². The van der Waals surface area contributed by atoms with Gasteiger partial charge in [0, 0.05) is 28.5 Å². The van der Waals surface area contributed by atoms with Gasteiger partial charge in [-0.1, -0.05) is 18.2 Å². The molecule has 3 aromatic rings. The summed E-state index contributed by atoms with van der Waals surface area (Å²) in [4.78, 5) is 40.4. The van der Waals surface area contributed by atoms with E-state index in [1.54, 1.807) is 36.5 Å². The van der Waals surface area contributed by atoms with Crippen molar-refractivity contribution in [2.45, 2.75) is 13.8 Å². The number of nitrogens with one attached hydrogen (secondary N) is 1. The molecule has 0 saturated heterocycles. The van der Waals surface area contributed by atoms with Gasteiger partial charge in [-0.25, -0.2) is 4.98 Å². The summed E-state index contributed by atoms with van der Waals surface area (Å²) in [6.07, 6.45) is 1.70. The van der Waals surface area contributed by atoms with Gasteiger partial charge < -0.3 is 14.8 Å². The molecule has 30 heavy (non-hydrogen) atoms. The van der Waals surface area contributed by atoms with Crippen molar-refractivity contribution in [3.05, 3.63) is 64.9 Å². The van der Waals surface area contributed by atoms with E-state index < -0.39 is 18.5 Å². The van der Waals surface area contributed by atoms with Crippen LogP contribution in [-0.4, -0.2) is 47.0 Å². The SMILES string of the molecule is Cc1cc(C(=O)COC(=O)CNC(=O)COc2ccccc2)c(C)n1-c1nccs1. The number of thiazole rings is 1. The molecule has 0 atom stereocenters. The monoisotopic (exact) mass is 427 g/mol. The number of para-hydroxylation sites is 1. The number of Topliss-reactive ketones (excluding diaryl/α,β-unsaturated/α-hetero) is 1. The third-order valence-electron chi connectivity index (χ3n) is 4.25. The van der Waals surface area contributed by atoms with Gasteiger partial charge in [-0.05, 0) is 32.0 Å². The number of hydrogen-bond donors (Lipinski definition) is 1. The number of ketones is 1. The van der Waals surface area contributed by atoms with E-state index in [9.17, 15) is 14.4 Å². The maximum absolute atomic E-state index is 12.5. The lowest BCUT2D eigenvalue weighted by molar-refractivity contribution is -0.143. The number of nitrogens with zero attached hydrogens (tertiary/aromatic N) is 2. The minimum atomic E-state index is -0.704. The molecule has 0 bridgehead atoms. The Bertz CT molecular complexity index is 1030. The highest BCUT2D eigenvalue weighted by Crippen LogP contribution is 2.22. The Kier molecular flexibility index (Phi) is 6.97. The van der Waals surface area contributed by atoms with Crippen LogP contribution in [0, 0.1) is 13.8 Å². The van der Waals surface area contributed by atoms with Crippen molar-refractivity contribution in [2.75, 3.05) is 19.8 Å². The second-order valence-corrected chi connectivity index (χ2v) is 7.27. The number of esters is 1. The number of aromatic nitrogens is 2. The van der Waals surface area contributed by atoms with Gasteiger partial charge in [0.1, 0.15) is 12.3 Å². The van der Waals surface area contributed by atoms with Crippen molar-refractivity contribution in [3.8, 4) is 10.9 Å². The number of rotatable bonds is 9. The minimum absolute atomic E-state index is 0.223. The van der Waals surface area contributed by atoms with Crippen LogP contribution in [0.2, 0.25) is 0 Å². The smallest absolute Gasteiger partial charge is 0.325 e. The first-order valence-electron chi connectivity index (χ1n) is 9.18. The zero-order valence-corrected chi connectivity index (χ0v) is 17.4. The molecular weight excluding hydrogens is 406 g/mol. The number of benzene rings is 1. The van der Waals surface area contributed by atoms with Crippen molar-refractivity contribution < 1.29 is 23.9 Å². The maximum Gasteiger partial charge on any atom is 0.325 e. The van der Waals surface area contributed by atoms with Gasteiger partial charge in [0.2, 0.25) is 5.78 Å². The van der Waals surface area contributed by atoms with Gasteiger partial charge in [-0.3, -0.25) is 19.0 Å². The average Bonchev–Trinajstić information content (AvgIpc) is 3.37. The van der Waals surface area contributed by atoms with E-state index in [2.05, 4.69) is 10.3 Å². The molecule has 0 saturated carbocycles. The summed E-state index contributed by atoms with van der Waals surface area (Å²) in [5.74, 6) is -0.937. The van der Waals surface area contributed by atoms with E-state index in [1.807, 2.05) is 29.9 Å². The van der Waals surface area contributed by atoms with Crippen LogP contribution in [0.3, 0.4) is 0 Å². The quantitative estimate of drug-likeness (QED) is 0.416. The van der Waals surface area contributed by atoms with Gasteiger partial charge in [0.05, 0.1) is 0 Å². The van der Waals surface area contributed by atoms with Crippen LogP contribution in [-0.2, 0) is 14.3 Å². The van der Waals surface area contributed by atoms with Gasteiger partial charge >= 0.3 is 5.97 Å². The zero-order valence-electron chi connectivity index (χ0n) is 16.6. The normalized spacial score (nSPS) is 10.5. The zero-order chi connectivity index (χ0) is 21.5. The Balaban J connectivity index is 1.45. The third-order valence-corrected chi connectivity index (χ3v) is 5.01. The van der Waals surface area contributed by atoms with Gasteiger partial charge in [-0.2, -0.15) is 0 Å². The molecule has 0 aliphatic heterocycles. The minimum Gasteiger partial charge on any atom is -0.484 e. The van der Waals surface area contributed by atoms with Crippen molar-refractivity contribution in [1.82, 2.24) is 14.9 Å². The highest BCUT2D eigenvalue weighted by atomic mass is 32.1. The first-order chi connectivity index (χ1) is 14.5. The molecule has 2 aromatic heterocycles. The fourth-order valence-electron chi connectivity index (χ4n) is 2.83. The lowest BCUT2D eigenvalue weighted by atomic mass is 10.1. The summed E-state index contributed by atoms with van der Waals surface area (Å²) in [7, 11) is 0. The fourth-order valence-corrected chi connectivity index (χ4v) is 3.58. The Hall–Kier alpha value is -3.46. The van der Waals surface area contributed by atoms with Crippen LogP contribution in [0.4, 0.5) is 0 Å². The standard InChI is InChI=1S/C21H21N3O5S/c1-14-10-17(15(2)24(14)21-22-8-9-30-21)18(25)12-29-20(27)11-23-19(26)13-28-16-6-4-3-5-7-16/h3-10H,11-13H2,1-2H3,(H,23,26). The lowest BCUT2D eigenvalue weighted by Crippen LogP contribution is -2.34. The molecule has 1 aromatic carbocycles. The number of ether oxygens (including phenoxy) is 2. The topological polar surface area (TPSA) is 99.5 Å². The number of amides is 1. The van der Waals surface area contributed by atoms with Crippen molar-refractivity contribution >= 4 is 29.0 Å². The van der Waals surface area contributed by atoms with Gasteiger partial charge in [0.15, 0.2) is 18.3 Å². The Morgan fingerprint density at radius 1 is 1.13 bits per heavy atom. The largest absolute Gasteiger partial charge is 0.484 e. The predicted molar refractivity (Wildman–Crippen MR) is 111 cm³/mol. The predicted octanol–water partition coefficient (Wildman–Crippen LogP) is 2.47. The van der Waals surface area contributed by atoms with Gasteiger partial charge in [0.25, 0.3) is 5.91 Å². The van der Waals surface area contributed by atoms with Crippen LogP contribution in [0.5, 0.6) is 5.75 Å². The molecule has 1 amide bonds. The van der Waals surface area contributed by atoms with E-state index in [0.717, 1.165) is 16.5 Å². The molecule has 0 radical (unpaired) electrons. The molecule has 2 heterocycles. The molecule has 9 heteroatoms. The highest BCUT2D eigenvalue weighted by molar-refractivity contribution is 7.12. The van der Waals surface area contributed by atoms with Crippen LogP contribution >= 0.6 is 11.3 Å². The lowest BCUT2D eigenvalue weighted by Gasteiger charge is -2.08. The van der Waals surface area contributed by atoms with Gasteiger partial charge in [-0.15, -0.1) is 11.3 Å². The third kappa shape index (κ3) is 5.32. The molecule has 8 nitrogen and oxygen atoms in total. The van der Waals surface area contributed by atoms with Crippen LogP contribution in [0.1, 0.15) is 21.7 Å². The molecule has 3 rings (SSSR count). The molecule has 156 valence electrons. The molecule has 0 aliphatic rings. The highest BCUT2D eigenvalue weighted by Gasteiger charge is 2.19. The summed E-state index contributed by atoms with van der Waals surface area (Å²) < 4.78 is 12.2. The first-order valence-corrected chi connectivity index (χ1v) is 10.1. The van der Waals surface area contributed by atoms with E-state index in [1.165, 1.54) is 11.3 Å². The molecular formula is C21H21N3O5S. The Morgan fingerprint density at radius 3 is 2.60 bits per heavy atom. The van der Waals surface area contributed by atoms with Crippen molar-refractivity contribution in [2.24, 2.45) is 0 Å². The van der Waals surface area contributed by atoms with Crippen molar-refractivity contribution in [3.63, 3.8) is 0 Å². The summed E-state index contributed by atoms with van der Waals surface area (Å²) in [6, 6.07) is 10.6.